The summed E-state index contributed by atoms with van der Waals surface area (Å²) in [5, 5.41) is 0. The molecule has 0 aromatic heterocycles. The van der Waals surface area contributed by atoms with Gasteiger partial charge in [-0.05, 0) is 31.1 Å². The maximum atomic E-state index is 12.4. The second kappa shape index (κ2) is 7.31. The van der Waals surface area contributed by atoms with Gasteiger partial charge in [-0.1, -0.05) is 51.9 Å². The Hall–Kier alpha value is -0.530. The Morgan fingerprint density at radius 1 is 1.00 bits per heavy atom. The van der Waals surface area contributed by atoms with Gasteiger partial charge in [0.15, 0.2) is 0 Å². The molecule has 2 heteroatoms. The number of hydrogen-bond donors (Lipinski definition) is 0. The van der Waals surface area contributed by atoms with Gasteiger partial charge in [-0.15, -0.1) is 0 Å². The van der Waals surface area contributed by atoms with Crippen LogP contribution in [0.2, 0.25) is 0 Å². The molecule has 0 N–H and O–H groups in total. The van der Waals surface area contributed by atoms with Crippen molar-refractivity contribution in [1.29, 1.82) is 0 Å². The van der Waals surface area contributed by atoms with Crippen molar-refractivity contribution in [1.82, 2.24) is 4.90 Å². The monoisotopic (exact) mass is 265 g/mol. The second-order valence-electron chi connectivity index (χ2n) is 6.88. The van der Waals surface area contributed by atoms with Gasteiger partial charge in [-0.3, -0.25) is 4.79 Å². The molecule has 2 aliphatic carbocycles. The van der Waals surface area contributed by atoms with Crippen molar-refractivity contribution in [3.8, 4) is 0 Å². The molecule has 0 bridgehead atoms. The molecule has 2 atom stereocenters. The Kier molecular flexibility index (Phi) is 5.72. The van der Waals surface area contributed by atoms with Crippen LogP contribution in [0, 0.1) is 11.8 Å². The van der Waals surface area contributed by atoms with Gasteiger partial charge >= 0.3 is 0 Å². The van der Waals surface area contributed by atoms with Crippen LogP contribution in [0.4, 0.5) is 0 Å². The fourth-order valence-electron chi connectivity index (χ4n) is 4.04. The molecule has 0 saturated heterocycles. The van der Waals surface area contributed by atoms with Crippen LogP contribution in [0.25, 0.3) is 0 Å². The number of carbonyl (C=O) groups is 1. The molecule has 2 rings (SSSR count). The first kappa shape index (κ1) is 14.9. The lowest BCUT2D eigenvalue weighted by molar-refractivity contribution is -0.134. The lowest BCUT2D eigenvalue weighted by Gasteiger charge is -2.36. The average molecular weight is 265 g/mol. The predicted octanol–water partition coefficient (Wildman–Crippen LogP) is 4.38. The normalized spacial score (nSPS) is 29.2. The molecule has 0 aromatic carbocycles. The van der Waals surface area contributed by atoms with E-state index in [2.05, 4.69) is 11.8 Å². The first-order valence-electron chi connectivity index (χ1n) is 8.44. The highest BCUT2D eigenvalue weighted by Crippen LogP contribution is 2.30. The molecule has 0 spiro atoms. The van der Waals surface area contributed by atoms with Crippen molar-refractivity contribution >= 4 is 5.91 Å². The summed E-state index contributed by atoms with van der Waals surface area (Å²) in [7, 11) is 2.04. The Bertz CT molecular complexity index is 283. The fourth-order valence-corrected chi connectivity index (χ4v) is 4.04. The summed E-state index contributed by atoms with van der Waals surface area (Å²) in [5.74, 6) is 1.91. The summed E-state index contributed by atoms with van der Waals surface area (Å²) in [4.78, 5) is 14.4. The molecule has 0 aromatic rings. The van der Waals surface area contributed by atoms with Crippen molar-refractivity contribution < 1.29 is 4.79 Å². The molecule has 2 nitrogen and oxygen atoms in total. The summed E-state index contributed by atoms with van der Waals surface area (Å²) in [6.07, 6.45) is 14.0. The maximum absolute atomic E-state index is 12.4. The fraction of sp³-hybridized carbons (Fsp3) is 0.941. The minimum Gasteiger partial charge on any atom is -0.343 e. The molecule has 0 radical (unpaired) electrons. The Labute approximate surface area is 118 Å². The number of amides is 1. The highest BCUT2D eigenvalue weighted by molar-refractivity contribution is 5.76. The van der Waals surface area contributed by atoms with Crippen LogP contribution in [-0.2, 0) is 4.79 Å². The maximum Gasteiger partial charge on any atom is 0.222 e. The van der Waals surface area contributed by atoms with Crippen LogP contribution in [0.5, 0.6) is 0 Å². The van der Waals surface area contributed by atoms with E-state index in [1.807, 2.05) is 7.05 Å². The molecule has 2 unspecified atom stereocenters. The number of nitrogens with zero attached hydrogens (tertiary/aromatic N) is 1. The first-order chi connectivity index (χ1) is 9.18. The highest BCUT2D eigenvalue weighted by Gasteiger charge is 2.28. The Balaban J connectivity index is 1.74. The highest BCUT2D eigenvalue weighted by atomic mass is 16.2. The van der Waals surface area contributed by atoms with E-state index in [9.17, 15) is 4.79 Å². The zero-order valence-electron chi connectivity index (χ0n) is 12.9. The summed E-state index contributed by atoms with van der Waals surface area (Å²) in [6.45, 7) is 2.31. The topological polar surface area (TPSA) is 20.3 Å². The van der Waals surface area contributed by atoms with E-state index in [0.29, 0.717) is 17.9 Å². The van der Waals surface area contributed by atoms with Crippen LogP contribution in [-0.4, -0.2) is 23.9 Å². The lowest BCUT2D eigenvalue weighted by atomic mass is 9.84. The average Bonchev–Trinajstić information content (AvgIpc) is 2.45. The molecule has 19 heavy (non-hydrogen) atoms. The van der Waals surface area contributed by atoms with Gasteiger partial charge in [-0.2, -0.15) is 0 Å². The van der Waals surface area contributed by atoms with Gasteiger partial charge in [-0.25, -0.2) is 0 Å². The van der Waals surface area contributed by atoms with Gasteiger partial charge in [0.1, 0.15) is 0 Å². The van der Waals surface area contributed by atoms with Gasteiger partial charge in [0.2, 0.25) is 5.91 Å². The minimum absolute atomic E-state index is 0.393. The molecule has 0 aliphatic heterocycles. The summed E-state index contributed by atoms with van der Waals surface area (Å²) >= 11 is 0. The SMILES string of the molecule is CC1CCCCC1N(C)C(=O)CCC1CCCCC1. The third-order valence-electron chi connectivity index (χ3n) is 5.45. The van der Waals surface area contributed by atoms with E-state index in [0.717, 1.165) is 18.8 Å². The zero-order valence-corrected chi connectivity index (χ0v) is 12.9. The molecule has 2 aliphatic rings. The van der Waals surface area contributed by atoms with E-state index >= 15 is 0 Å². The molecule has 2 saturated carbocycles. The standard InChI is InChI=1S/C17H31NO/c1-14-8-6-7-11-16(14)18(2)17(19)13-12-15-9-4-3-5-10-15/h14-16H,3-13H2,1-2H3. The summed E-state index contributed by atoms with van der Waals surface area (Å²) in [5.41, 5.74) is 0. The third kappa shape index (κ3) is 4.22. The molecule has 1 amide bonds. The molecular formula is C17H31NO. The van der Waals surface area contributed by atoms with Crippen LogP contribution in [0.1, 0.15) is 77.6 Å². The minimum atomic E-state index is 0.393. The van der Waals surface area contributed by atoms with Crippen molar-refractivity contribution in [3.63, 3.8) is 0 Å². The van der Waals surface area contributed by atoms with Gasteiger partial charge < -0.3 is 4.90 Å². The van der Waals surface area contributed by atoms with Crippen molar-refractivity contribution in [3.05, 3.63) is 0 Å². The van der Waals surface area contributed by atoms with Crippen LogP contribution < -0.4 is 0 Å². The summed E-state index contributed by atoms with van der Waals surface area (Å²) < 4.78 is 0. The second-order valence-corrected chi connectivity index (χ2v) is 6.88. The molecular weight excluding hydrogens is 234 g/mol. The van der Waals surface area contributed by atoms with E-state index in [4.69, 9.17) is 0 Å². The van der Waals surface area contributed by atoms with Gasteiger partial charge in [0, 0.05) is 19.5 Å². The quantitative estimate of drug-likeness (QED) is 0.738. The predicted molar refractivity (Wildman–Crippen MR) is 80.0 cm³/mol. The van der Waals surface area contributed by atoms with Crippen molar-refractivity contribution in [2.75, 3.05) is 7.05 Å². The van der Waals surface area contributed by atoms with E-state index in [-0.39, 0.29) is 0 Å². The zero-order chi connectivity index (χ0) is 13.7. The third-order valence-corrected chi connectivity index (χ3v) is 5.45. The van der Waals surface area contributed by atoms with Gasteiger partial charge in [0.05, 0.1) is 0 Å². The van der Waals surface area contributed by atoms with E-state index in [1.54, 1.807) is 0 Å². The largest absolute Gasteiger partial charge is 0.343 e. The Morgan fingerprint density at radius 3 is 2.32 bits per heavy atom. The smallest absolute Gasteiger partial charge is 0.222 e. The van der Waals surface area contributed by atoms with Crippen LogP contribution >= 0.6 is 0 Å². The van der Waals surface area contributed by atoms with E-state index < -0.39 is 0 Å². The molecule has 2 fully saturated rings. The molecule has 110 valence electrons. The van der Waals surface area contributed by atoms with Gasteiger partial charge in [0.25, 0.3) is 0 Å². The van der Waals surface area contributed by atoms with Crippen LogP contribution in [0.3, 0.4) is 0 Å². The van der Waals surface area contributed by atoms with Crippen molar-refractivity contribution in [2.45, 2.75) is 83.6 Å². The number of rotatable bonds is 4. The lowest BCUT2D eigenvalue weighted by Crippen LogP contribution is -2.42. The van der Waals surface area contributed by atoms with E-state index in [1.165, 1.54) is 57.8 Å². The first-order valence-corrected chi connectivity index (χ1v) is 8.44. The van der Waals surface area contributed by atoms with Crippen molar-refractivity contribution in [2.24, 2.45) is 11.8 Å². The number of carbonyl (C=O) groups excluding carboxylic acids is 1. The summed E-state index contributed by atoms with van der Waals surface area (Å²) in [6, 6.07) is 0.507. The Morgan fingerprint density at radius 2 is 1.63 bits per heavy atom. The number of hydrogen-bond acceptors (Lipinski definition) is 1. The molecule has 0 heterocycles. The van der Waals surface area contributed by atoms with Crippen LogP contribution in [0.15, 0.2) is 0 Å².